The molecule has 2 heterocycles. The molecule has 2 fully saturated rings. The van der Waals surface area contributed by atoms with E-state index in [1.54, 1.807) is 0 Å². The molecule has 0 aliphatic carbocycles. The van der Waals surface area contributed by atoms with Gasteiger partial charge < -0.3 is 15.5 Å². The number of piperidine rings is 1. The average Bonchev–Trinajstić information content (AvgIpc) is 2.97. The van der Waals surface area contributed by atoms with Gasteiger partial charge >= 0.3 is 0 Å². The first-order valence-electron chi connectivity index (χ1n) is 9.08. The summed E-state index contributed by atoms with van der Waals surface area (Å²) in [7, 11) is 0. The van der Waals surface area contributed by atoms with Gasteiger partial charge in [-0.2, -0.15) is 0 Å². The molecule has 2 amide bonds. The minimum atomic E-state index is 0.0244. The maximum absolute atomic E-state index is 12.3. The van der Waals surface area contributed by atoms with E-state index in [0.717, 1.165) is 50.9 Å². The van der Waals surface area contributed by atoms with Gasteiger partial charge in [0.05, 0.1) is 5.75 Å². The molecule has 2 atom stereocenters. The van der Waals surface area contributed by atoms with E-state index >= 15 is 0 Å². The van der Waals surface area contributed by atoms with Crippen LogP contribution < -0.4 is 10.6 Å². The van der Waals surface area contributed by atoms with Crippen LogP contribution in [0.4, 0.5) is 0 Å². The standard InChI is InChI=1S/C17H31N3O2S/c1-4-6-7-15(21)20-10-8-17(9-11-20)19-14(12-23-17)16(22)18-13(3)5-2/h13-14,19H,4-12H2,1-3H3,(H,18,22)/p+1/t13-,14+/m0/s1. The Bertz CT molecular complexity index is 422. The van der Waals surface area contributed by atoms with E-state index in [9.17, 15) is 9.59 Å². The number of carbonyl (C=O) groups excluding carboxylic acids is 2. The second kappa shape index (κ2) is 8.38. The van der Waals surface area contributed by atoms with Gasteiger partial charge in [-0.3, -0.25) is 9.59 Å². The lowest BCUT2D eigenvalue weighted by molar-refractivity contribution is -0.714. The Labute approximate surface area is 144 Å². The quantitative estimate of drug-likeness (QED) is 0.759. The Morgan fingerprint density at radius 1 is 1.35 bits per heavy atom. The van der Waals surface area contributed by atoms with Gasteiger partial charge in [0.2, 0.25) is 5.91 Å². The van der Waals surface area contributed by atoms with Crippen LogP contribution in [0, 0.1) is 0 Å². The lowest BCUT2D eigenvalue weighted by Gasteiger charge is -2.36. The molecule has 2 rings (SSSR count). The highest BCUT2D eigenvalue weighted by molar-refractivity contribution is 8.00. The van der Waals surface area contributed by atoms with Gasteiger partial charge in [-0.05, 0) is 19.8 Å². The Hall–Kier alpha value is -0.750. The molecule has 6 heteroatoms. The molecule has 5 nitrogen and oxygen atoms in total. The second-order valence-corrected chi connectivity index (χ2v) is 8.39. The summed E-state index contributed by atoms with van der Waals surface area (Å²) in [6.45, 7) is 7.94. The number of hydrogen-bond donors (Lipinski definition) is 2. The second-order valence-electron chi connectivity index (χ2n) is 6.95. The molecular weight excluding hydrogens is 310 g/mol. The summed E-state index contributed by atoms with van der Waals surface area (Å²) < 4.78 is 0. The highest BCUT2D eigenvalue weighted by atomic mass is 32.2. The molecule has 0 aromatic carbocycles. The SMILES string of the molecule is CCCCC(=O)N1CCC2(CC1)[NH2+][C@@H](C(=O)N[C@@H](C)CC)CS2. The number of amides is 2. The number of likely N-dealkylation sites (tertiary alicyclic amines) is 1. The van der Waals surface area contributed by atoms with Crippen LogP contribution in [0.25, 0.3) is 0 Å². The lowest BCUT2D eigenvalue weighted by Crippen LogP contribution is -3.00. The van der Waals surface area contributed by atoms with Crippen molar-refractivity contribution in [3.63, 3.8) is 0 Å². The zero-order valence-corrected chi connectivity index (χ0v) is 15.6. The third-order valence-electron chi connectivity index (χ3n) is 5.10. The molecule has 2 aliphatic heterocycles. The van der Waals surface area contributed by atoms with E-state index in [1.807, 2.05) is 16.7 Å². The van der Waals surface area contributed by atoms with Gasteiger partial charge in [-0.15, -0.1) is 0 Å². The predicted molar refractivity (Wildman–Crippen MR) is 94.1 cm³/mol. The van der Waals surface area contributed by atoms with Crippen molar-refractivity contribution in [2.24, 2.45) is 0 Å². The van der Waals surface area contributed by atoms with E-state index in [1.165, 1.54) is 0 Å². The topological polar surface area (TPSA) is 66.0 Å². The van der Waals surface area contributed by atoms with Gasteiger partial charge in [-0.1, -0.05) is 32.0 Å². The van der Waals surface area contributed by atoms with Crippen molar-refractivity contribution in [2.75, 3.05) is 18.8 Å². The average molecular weight is 343 g/mol. The molecule has 0 aromatic rings. The van der Waals surface area contributed by atoms with E-state index in [4.69, 9.17) is 0 Å². The van der Waals surface area contributed by atoms with Crippen molar-refractivity contribution >= 4 is 23.6 Å². The normalized spacial score (nSPS) is 24.7. The Morgan fingerprint density at radius 3 is 2.65 bits per heavy atom. The maximum Gasteiger partial charge on any atom is 0.279 e. The van der Waals surface area contributed by atoms with Crippen LogP contribution in [0.5, 0.6) is 0 Å². The van der Waals surface area contributed by atoms with E-state index in [2.05, 4.69) is 31.4 Å². The van der Waals surface area contributed by atoms with Crippen molar-refractivity contribution in [1.82, 2.24) is 10.2 Å². The molecule has 132 valence electrons. The molecule has 1 spiro atoms. The minimum absolute atomic E-state index is 0.0244. The number of thioether (sulfide) groups is 1. The summed E-state index contributed by atoms with van der Waals surface area (Å²) in [5, 5.41) is 5.36. The fraction of sp³-hybridized carbons (Fsp3) is 0.882. The molecule has 23 heavy (non-hydrogen) atoms. The highest BCUT2D eigenvalue weighted by Gasteiger charge is 2.48. The van der Waals surface area contributed by atoms with Gasteiger partial charge in [0.15, 0.2) is 6.04 Å². The molecule has 3 N–H and O–H groups in total. The first kappa shape index (κ1) is 18.6. The van der Waals surface area contributed by atoms with E-state index in [0.29, 0.717) is 12.3 Å². The van der Waals surface area contributed by atoms with Crippen LogP contribution in [0.3, 0.4) is 0 Å². The van der Waals surface area contributed by atoms with Crippen molar-refractivity contribution in [2.45, 2.75) is 76.3 Å². The Morgan fingerprint density at radius 2 is 2.04 bits per heavy atom. The zero-order chi connectivity index (χ0) is 16.9. The molecule has 0 unspecified atom stereocenters. The molecule has 0 bridgehead atoms. The summed E-state index contributed by atoms with van der Waals surface area (Å²) in [6.07, 6.45) is 5.68. The Balaban J connectivity index is 1.80. The van der Waals surface area contributed by atoms with Crippen LogP contribution in [-0.4, -0.2) is 52.5 Å². The number of hydrogen-bond acceptors (Lipinski definition) is 3. The Kier molecular flexibility index (Phi) is 6.77. The van der Waals surface area contributed by atoms with Gasteiger partial charge in [0.1, 0.15) is 4.87 Å². The minimum Gasteiger partial charge on any atom is -0.348 e. The van der Waals surface area contributed by atoms with Crippen LogP contribution in [0.15, 0.2) is 0 Å². The van der Waals surface area contributed by atoms with Gasteiger partial charge in [-0.25, -0.2) is 0 Å². The van der Waals surface area contributed by atoms with E-state index < -0.39 is 0 Å². The zero-order valence-electron chi connectivity index (χ0n) is 14.8. The van der Waals surface area contributed by atoms with E-state index in [-0.39, 0.29) is 22.9 Å². The fourth-order valence-corrected chi connectivity index (χ4v) is 4.74. The third kappa shape index (κ3) is 4.86. The monoisotopic (exact) mass is 342 g/mol. The van der Waals surface area contributed by atoms with Crippen molar-refractivity contribution in [1.29, 1.82) is 0 Å². The van der Waals surface area contributed by atoms with Crippen molar-refractivity contribution in [3.05, 3.63) is 0 Å². The largest absolute Gasteiger partial charge is 0.348 e. The number of rotatable bonds is 6. The molecular formula is C17H32N3O2S+. The molecule has 0 aromatic heterocycles. The summed E-state index contributed by atoms with van der Waals surface area (Å²) in [6, 6.07) is 0.270. The lowest BCUT2D eigenvalue weighted by atomic mass is 10.0. The number of nitrogens with two attached hydrogens (primary N) is 1. The fourth-order valence-electron chi connectivity index (χ4n) is 3.25. The summed E-state index contributed by atoms with van der Waals surface area (Å²) >= 11 is 1.91. The number of nitrogens with one attached hydrogen (secondary N) is 1. The number of quaternary nitrogens is 1. The number of unbranched alkanes of at least 4 members (excludes halogenated alkanes) is 1. The third-order valence-corrected chi connectivity index (χ3v) is 6.74. The van der Waals surface area contributed by atoms with Crippen LogP contribution in [-0.2, 0) is 9.59 Å². The van der Waals surface area contributed by atoms with Crippen LogP contribution >= 0.6 is 11.8 Å². The van der Waals surface area contributed by atoms with Crippen molar-refractivity contribution < 1.29 is 14.9 Å². The summed E-state index contributed by atoms with van der Waals surface area (Å²) in [4.78, 5) is 26.6. The number of carbonyl (C=O) groups is 2. The molecule has 2 saturated heterocycles. The summed E-state index contributed by atoms with van der Waals surface area (Å²) in [5.41, 5.74) is 0. The van der Waals surface area contributed by atoms with Crippen LogP contribution in [0.2, 0.25) is 0 Å². The van der Waals surface area contributed by atoms with Gasteiger partial charge in [0.25, 0.3) is 5.91 Å². The molecule has 0 saturated carbocycles. The molecule has 0 radical (unpaired) electrons. The van der Waals surface area contributed by atoms with Gasteiger partial charge in [0, 0.05) is 38.4 Å². The highest BCUT2D eigenvalue weighted by Crippen LogP contribution is 2.34. The predicted octanol–water partition coefficient (Wildman–Crippen LogP) is 1.09. The smallest absolute Gasteiger partial charge is 0.279 e. The molecule has 2 aliphatic rings. The maximum atomic E-state index is 12.3. The van der Waals surface area contributed by atoms with Crippen molar-refractivity contribution in [3.8, 4) is 0 Å². The first-order chi connectivity index (χ1) is 11.0. The first-order valence-corrected chi connectivity index (χ1v) is 10.1. The summed E-state index contributed by atoms with van der Waals surface area (Å²) in [5.74, 6) is 1.35. The van der Waals surface area contributed by atoms with Crippen LogP contribution in [0.1, 0.15) is 59.3 Å². The number of nitrogens with zero attached hydrogens (tertiary/aromatic N) is 1.